The second kappa shape index (κ2) is 11.2. The van der Waals surface area contributed by atoms with E-state index in [0.29, 0.717) is 33.3 Å². The van der Waals surface area contributed by atoms with Crippen LogP contribution in [0.25, 0.3) is 10.9 Å². The SMILES string of the molecule is CCOC(=O)c1c(CSc2ccccc2)n(CCl)c2cc(Br)c(O)c(CN(C)C)c12.O. The van der Waals surface area contributed by atoms with E-state index >= 15 is 0 Å². The molecule has 1 aromatic heterocycles. The highest BCUT2D eigenvalue weighted by atomic mass is 79.9. The number of aromatic nitrogens is 1. The van der Waals surface area contributed by atoms with Crippen molar-refractivity contribution in [3.63, 3.8) is 0 Å². The van der Waals surface area contributed by atoms with Gasteiger partial charge in [-0.2, -0.15) is 0 Å². The third-order valence-electron chi connectivity index (χ3n) is 4.68. The van der Waals surface area contributed by atoms with E-state index in [-0.39, 0.29) is 23.8 Å². The van der Waals surface area contributed by atoms with E-state index in [1.165, 1.54) is 0 Å². The number of alkyl halides is 1. The van der Waals surface area contributed by atoms with Gasteiger partial charge in [-0.1, -0.05) is 18.2 Å². The number of halogens is 2. The van der Waals surface area contributed by atoms with Crippen LogP contribution in [0.1, 0.15) is 28.5 Å². The van der Waals surface area contributed by atoms with Gasteiger partial charge in [-0.05, 0) is 55.1 Å². The van der Waals surface area contributed by atoms with Gasteiger partial charge >= 0.3 is 5.97 Å². The van der Waals surface area contributed by atoms with E-state index in [4.69, 9.17) is 16.3 Å². The van der Waals surface area contributed by atoms with Gasteiger partial charge in [-0.25, -0.2) is 4.79 Å². The van der Waals surface area contributed by atoms with Crippen LogP contribution in [0.4, 0.5) is 0 Å². The first-order valence-electron chi connectivity index (χ1n) is 9.50. The molecule has 0 radical (unpaired) electrons. The predicted molar refractivity (Wildman–Crippen MR) is 130 cm³/mol. The number of benzene rings is 2. The van der Waals surface area contributed by atoms with Crippen LogP contribution in [0.15, 0.2) is 45.8 Å². The van der Waals surface area contributed by atoms with Gasteiger partial charge in [0, 0.05) is 33.8 Å². The molecule has 0 saturated carbocycles. The molecule has 0 fully saturated rings. The van der Waals surface area contributed by atoms with Crippen molar-refractivity contribution < 1.29 is 20.1 Å². The van der Waals surface area contributed by atoms with Crippen molar-refractivity contribution >= 4 is 56.2 Å². The first-order chi connectivity index (χ1) is 14.4. The van der Waals surface area contributed by atoms with Gasteiger partial charge < -0.3 is 24.8 Å². The molecule has 0 amide bonds. The minimum Gasteiger partial charge on any atom is -0.506 e. The lowest BCUT2D eigenvalue weighted by Crippen LogP contribution is -2.13. The van der Waals surface area contributed by atoms with Crippen LogP contribution < -0.4 is 0 Å². The number of hydrogen-bond donors (Lipinski definition) is 1. The second-order valence-electron chi connectivity index (χ2n) is 7.01. The number of esters is 1. The van der Waals surface area contributed by atoms with Crippen LogP contribution in [0.2, 0.25) is 0 Å². The maximum absolute atomic E-state index is 13.1. The van der Waals surface area contributed by atoms with Gasteiger partial charge in [0.05, 0.1) is 28.2 Å². The molecule has 2 aromatic carbocycles. The number of fused-ring (bicyclic) bond motifs is 1. The molecular weight excluding hydrogens is 504 g/mol. The largest absolute Gasteiger partial charge is 0.506 e. The van der Waals surface area contributed by atoms with E-state index < -0.39 is 5.97 Å². The van der Waals surface area contributed by atoms with Crippen LogP contribution in [0, 0.1) is 0 Å². The highest BCUT2D eigenvalue weighted by Crippen LogP contribution is 2.41. The summed E-state index contributed by atoms with van der Waals surface area (Å²) in [5.41, 5.74) is 2.71. The zero-order valence-corrected chi connectivity index (χ0v) is 20.8. The summed E-state index contributed by atoms with van der Waals surface area (Å²) in [6, 6.07) is 12.0. The highest BCUT2D eigenvalue weighted by Gasteiger charge is 2.28. The summed E-state index contributed by atoms with van der Waals surface area (Å²) in [5.74, 6) is 0.256. The molecule has 1 heterocycles. The van der Waals surface area contributed by atoms with Crippen molar-refractivity contribution in [2.45, 2.75) is 30.1 Å². The molecule has 3 aromatic rings. The van der Waals surface area contributed by atoms with E-state index in [9.17, 15) is 9.90 Å². The maximum Gasteiger partial charge on any atom is 0.340 e. The minimum atomic E-state index is -0.406. The fourth-order valence-corrected chi connectivity index (χ4v) is 5.12. The van der Waals surface area contributed by atoms with Crippen LogP contribution in [0.3, 0.4) is 0 Å². The van der Waals surface area contributed by atoms with Crippen molar-refractivity contribution in [1.29, 1.82) is 0 Å². The molecule has 0 bridgehead atoms. The summed E-state index contributed by atoms with van der Waals surface area (Å²) in [4.78, 5) is 16.1. The Kier molecular flexibility index (Phi) is 9.27. The zero-order chi connectivity index (χ0) is 21.8. The topological polar surface area (TPSA) is 86.2 Å². The summed E-state index contributed by atoms with van der Waals surface area (Å²) in [5, 5.41) is 11.5. The fraction of sp³-hybridized carbons (Fsp3) is 0.318. The molecule has 0 aliphatic heterocycles. The third-order valence-corrected chi connectivity index (χ3v) is 6.55. The van der Waals surface area contributed by atoms with Gasteiger partial charge in [0.1, 0.15) is 5.75 Å². The standard InChI is InChI=1S/C22H24BrClN2O3S.H2O/c1-4-29-22(28)20-18(12-30-14-8-6-5-7-9-14)26(13-24)17-10-16(23)21(27)15(19(17)20)11-25(2)3;/h5-10,27H,4,11-13H2,1-3H3;1H2. The van der Waals surface area contributed by atoms with E-state index in [0.717, 1.165) is 16.1 Å². The Bertz CT molecular complexity index is 1060. The number of aromatic hydroxyl groups is 1. The predicted octanol–water partition coefficient (Wildman–Crippen LogP) is 5.01. The molecule has 0 atom stereocenters. The van der Waals surface area contributed by atoms with Crippen LogP contribution in [-0.2, 0) is 23.0 Å². The molecule has 3 N–H and O–H groups in total. The number of phenolic OH excluding ortho intramolecular Hbond substituents is 1. The van der Waals surface area contributed by atoms with Crippen molar-refractivity contribution in [1.82, 2.24) is 9.47 Å². The number of ether oxygens (including phenoxy) is 1. The van der Waals surface area contributed by atoms with Crippen molar-refractivity contribution in [3.05, 3.63) is 57.7 Å². The Morgan fingerprint density at radius 2 is 1.97 bits per heavy atom. The molecule has 0 spiro atoms. The lowest BCUT2D eigenvalue weighted by atomic mass is 10.0. The lowest BCUT2D eigenvalue weighted by Gasteiger charge is -2.15. The Labute approximate surface area is 199 Å². The van der Waals surface area contributed by atoms with Crippen LogP contribution in [-0.4, -0.2) is 46.7 Å². The van der Waals surface area contributed by atoms with E-state index in [2.05, 4.69) is 15.9 Å². The number of nitrogens with zero attached hydrogens (tertiary/aromatic N) is 2. The monoisotopic (exact) mass is 528 g/mol. The number of carbonyl (C=O) groups excluding carboxylic acids is 1. The first-order valence-corrected chi connectivity index (χ1v) is 11.8. The molecule has 6 nitrogen and oxygen atoms in total. The van der Waals surface area contributed by atoms with Gasteiger partial charge in [-0.3, -0.25) is 0 Å². The summed E-state index contributed by atoms with van der Waals surface area (Å²) < 4.78 is 7.89. The number of thioether (sulfide) groups is 1. The third kappa shape index (κ3) is 5.38. The fourth-order valence-electron chi connectivity index (χ4n) is 3.44. The Morgan fingerprint density at radius 3 is 2.55 bits per heavy atom. The molecule has 0 saturated heterocycles. The molecule has 0 aliphatic carbocycles. The normalized spacial score (nSPS) is 11.0. The van der Waals surface area contributed by atoms with Gasteiger partial charge in [0.2, 0.25) is 0 Å². The van der Waals surface area contributed by atoms with Crippen LogP contribution in [0.5, 0.6) is 5.75 Å². The van der Waals surface area contributed by atoms with Gasteiger partial charge in [0.15, 0.2) is 0 Å². The number of rotatable bonds is 8. The van der Waals surface area contributed by atoms with Crippen molar-refractivity contribution in [3.8, 4) is 5.75 Å². The van der Waals surface area contributed by atoms with Crippen LogP contribution >= 0.6 is 39.3 Å². The molecule has 0 aliphatic rings. The average Bonchev–Trinajstić information content (AvgIpc) is 3.03. The molecule has 168 valence electrons. The highest BCUT2D eigenvalue weighted by molar-refractivity contribution is 9.10. The quantitative estimate of drug-likeness (QED) is 0.252. The summed E-state index contributed by atoms with van der Waals surface area (Å²) >= 11 is 11.4. The molecule has 9 heteroatoms. The van der Waals surface area contributed by atoms with Gasteiger partial charge in [-0.15, -0.1) is 23.4 Å². The molecular formula is C22H26BrClN2O4S. The first kappa shape index (κ1) is 25.5. The summed E-state index contributed by atoms with van der Waals surface area (Å²) in [6.45, 7) is 2.51. The lowest BCUT2D eigenvalue weighted by molar-refractivity contribution is 0.0527. The Balaban J connectivity index is 0.00000341. The van der Waals surface area contributed by atoms with Crippen molar-refractivity contribution in [2.75, 3.05) is 20.7 Å². The number of carbonyl (C=O) groups is 1. The Morgan fingerprint density at radius 1 is 1.29 bits per heavy atom. The summed E-state index contributed by atoms with van der Waals surface area (Å²) in [6.07, 6.45) is 0. The minimum absolute atomic E-state index is 0. The summed E-state index contributed by atoms with van der Waals surface area (Å²) in [7, 11) is 3.84. The molecule has 31 heavy (non-hydrogen) atoms. The van der Waals surface area contributed by atoms with Gasteiger partial charge in [0.25, 0.3) is 0 Å². The molecule has 3 rings (SSSR count). The van der Waals surface area contributed by atoms with E-state index in [1.54, 1.807) is 18.7 Å². The van der Waals surface area contributed by atoms with Crippen molar-refractivity contribution in [2.24, 2.45) is 0 Å². The number of phenols is 1. The average molecular weight is 530 g/mol. The Hall–Kier alpha value is -1.71. The maximum atomic E-state index is 13.1. The zero-order valence-electron chi connectivity index (χ0n) is 17.6. The smallest absolute Gasteiger partial charge is 0.340 e. The second-order valence-corrected chi connectivity index (χ2v) is 9.15. The molecule has 0 unspecified atom stereocenters. The number of hydrogen-bond acceptors (Lipinski definition) is 5. The van der Waals surface area contributed by atoms with E-state index in [1.807, 2.05) is 60.0 Å².